The van der Waals surface area contributed by atoms with E-state index in [1.807, 2.05) is 35.7 Å². The van der Waals surface area contributed by atoms with E-state index < -0.39 is 21.9 Å². The van der Waals surface area contributed by atoms with Crippen LogP contribution in [0.2, 0.25) is 0 Å². The molecular weight excluding hydrogens is 452 g/mol. The molecule has 2 aromatic heterocycles. The molecule has 11 heteroatoms. The van der Waals surface area contributed by atoms with Gasteiger partial charge in [0.1, 0.15) is 17.2 Å². The van der Waals surface area contributed by atoms with Gasteiger partial charge in [-0.15, -0.1) is 11.3 Å². The minimum absolute atomic E-state index is 0.0406. The average molecular weight is 477 g/mol. The third kappa shape index (κ3) is 4.84. The first-order chi connectivity index (χ1) is 15.3. The predicted octanol–water partition coefficient (Wildman–Crippen LogP) is 3.64. The summed E-state index contributed by atoms with van der Waals surface area (Å²) in [6.45, 7) is 3.62. The van der Waals surface area contributed by atoms with Crippen LogP contribution < -0.4 is 5.32 Å². The first-order valence-electron chi connectivity index (χ1n) is 10.2. The van der Waals surface area contributed by atoms with Crippen molar-refractivity contribution in [3.8, 4) is 0 Å². The normalized spacial score (nSPS) is 17.2. The van der Waals surface area contributed by atoms with Crippen molar-refractivity contribution in [1.29, 1.82) is 0 Å². The van der Waals surface area contributed by atoms with E-state index in [0.29, 0.717) is 35.9 Å². The van der Waals surface area contributed by atoms with Crippen LogP contribution in [-0.4, -0.2) is 41.9 Å². The van der Waals surface area contributed by atoms with Crippen molar-refractivity contribution < 1.29 is 22.5 Å². The minimum atomic E-state index is -3.79. The van der Waals surface area contributed by atoms with Gasteiger partial charge in [-0.25, -0.2) is 13.4 Å². The summed E-state index contributed by atoms with van der Waals surface area (Å²) in [6.07, 6.45) is 1.15. The summed E-state index contributed by atoms with van der Waals surface area (Å²) >= 11 is 1.42. The first kappa shape index (κ1) is 22.4. The number of para-hydroxylation sites is 1. The third-order valence-electron chi connectivity index (χ3n) is 5.22. The Balaban J connectivity index is 1.35. The van der Waals surface area contributed by atoms with E-state index in [1.165, 1.54) is 15.6 Å². The van der Waals surface area contributed by atoms with Gasteiger partial charge < -0.3 is 14.6 Å². The zero-order chi connectivity index (χ0) is 22.7. The molecule has 1 aromatic carbocycles. The molecule has 0 aliphatic carbocycles. The number of nitrogens with one attached hydrogen (secondary N) is 1. The van der Waals surface area contributed by atoms with Gasteiger partial charge in [0.2, 0.25) is 10.0 Å². The van der Waals surface area contributed by atoms with Crippen LogP contribution in [0.1, 0.15) is 30.0 Å². The Morgan fingerprint density at radius 3 is 2.81 bits per heavy atom. The summed E-state index contributed by atoms with van der Waals surface area (Å²) in [5, 5.41) is 9.47. The monoisotopic (exact) mass is 476 g/mol. The first-order valence-corrected chi connectivity index (χ1v) is 12.5. The molecule has 3 heterocycles. The fraction of sp³-hybridized carbons (Fsp3) is 0.381. The van der Waals surface area contributed by atoms with Crippen molar-refractivity contribution in [3.63, 3.8) is 0 Å². The second-order valence-electron chi connectivity index (χ2n) is 7.60. The SMILES string of the molecule is Cc1noc(C)c1S(=O)(=O)N1CCCC(C(=O)OCc2csc(Nc3ccccc3)n2)C1. The number of benzene rings is 1. The van der Waals surface area contributed by atoms with Crippen LogP contribution in [0.5, 0.6) is 0 Å². The third-order valence-corrected chi connectivity index (χ3v) is 8.14. The molecule has 1 aliphatic heterocycles. The summed E-state index contributed by atoms with van der Waals surface area (Å²) in [6, 6.07) is 9.67. The largest absolute Gasteiger partial charge is 0.459 e. The Hall–Kier alpha value is -2.76. The number of hydrogen-bond acceptors (Lipinski definition) is 9. The molecule has 170 valence electrons. The summed E-state index contributed by atoms with van der Waals surface area (Å²) < 4.78 is 37.9. The Morgan fingerprint density at radius 2 is 2.09 bits per heavy atom. The average Bonchev–Trinajstić information content (AvgIpc) is 3.38. The zero-order valence-corrected chi connectivity index (χ0v) is 19.4. The number of aryl methyl sites for hydroxylation is 2. The van der Waals surface area contributed by atoms with Crippen LogP contribution in [0.15, 0.2) is 45.1 Å². The number of nitrogens with zero attached hydrogens (tertiary/aromatic N) is 3. The molecule has 0 saturated carbocycles. The standard InChI is InChI=1S/C21H24N4O5S2/c1-14-19(15(2)30-24-14)32(27,28)25-10-6-7-16(11-25)20(26)29-12-18-13-31-21(23-18)22-17-8-4-3-5-9-17/h3-5,8-9,13,16H,6-7,10-12H2,1-2H3,(H,22,23). The van der Waals surface area contributed by atoms with Crippen LogP contribution in [0.25, 0.3) is 0 Å². The number of piperidine rings is 1. The van der Waals surface area contributed by atoms with Crippen molar-refractivity contribution in [3.05, 3.63) is 52.9 Å². The summed E-state index contributed by atoms with van der Waals surface area (Å²) in [4.78, 5) is 17.2. The molecule has 9 nitrogen and oxygen atoms in total. The van der Waals surface area contributed by atoms with Crippen molar-refractivity contribution >= 4 is 38.1 Å². The van der Waals surface area contributed by atoms with Crippen molar-refractivity contribution in [2.75, 3.05) is 18.4 Å². The van der Waals surface area contributed by atoms with E-state index in [9.17, 15) is 13.2 Å². The van der Waals surface area contributed by atoms with E-state index in [-0.39, 0.29) is 23.8 Å². The number of rotatable bonds is 7. The highest BCUT2D eigenvalue weighted by Crippen LogP contribution is 2.28. The van der Waals surface area contributed by atoms with E-state index in [0.717, 1.165) is 5.69 Å². The van der Waals surface area contributed by atoms with Gasteiger partial charge >= 0.3 is 5.97 Å². The Bertz CT molecular complexity index is 1170. The number of sulfonamides is 1. The number of aromatic nitrogens is 2. The summed E-state index contributed by atoms with van der Waals surface area (Å²) in [5.74, 6) is -0.704. The molecule has 1 aliphatic rings. The number of ether oxygens (including phenoxy) is 1. The molecule has 1 unspecified atom stereocenters. The minimum Gasteiger partial charge on any atom is -0.459 e. The highest BCUT2D eigenvalue weighted by Gasteiger charge is 2.37. The lowest BCUT2D eigenvalue weighted by Gasteiger charge is -2.30. The summed E-state index contributed by atoms with van der Waals surface area (Å²) in [5.41, 5.74) is 1.88. The van der Waals surface area contributed by atoms with E-state index in [2.05, 4.69) is 15.5 Å². The van der Waals surface area contributed by atoms with E-state index >= 15 is 0 Å². The number of thiazole rings is 1. The van der Waals surface area contributed by atoms with Crippen molar-refractivity contribution in [1.82, 2.24) is 14.4 Å². The molecule has 32 heavy (non-hydrogen) atoms. The molecule has 1 N–H and O–H groups in total. The maximum absolute atomic E-state index is 13.0. The lowest BCUT2D eigenvalue weighted by atomic mass is 10.00. The smallest absolute Gasteiger partial charge is 0.310 e. The molecule has 0 radical (unpaired) electrons. The highest BCUT2D eigenvalue weighted by atomic mass is 32.2. The molecule has 4 rings (SSSR count). The van der Waals surface area contributed by atoms with Gasteiger partial charge in [-0.1, -0.05) is 23.4 Å². The fourth-order valence-electron chi connectivity index (χ4n) is 3.66. The quantitative estimate of drug-likeness (QED) is 0.514. The lowest BCUT2D eigenvalue weighted by molar-refractivity contribution is -0.151. The number of hydrogen-bond donors (Lipinski definition) is 1. The number of esters is 1. The number of carbonyl (C=O) groups is 1. The van der Waals surface area contributed by atoms with Crippen LogP contribution in [0.3, 0.4) is 0 Å². The Morgan fingerprint density at radius 1 is 1.31 bits per heavy atom. The maximum Gasteiger partial charge on any atom is 0.310 e. The Kier molecular flexibility index (Phi) is 6.58. The van der Waals surface area contributed by atoms with Gasteiger partial charge in [0.05, 0.1) is 11.6 Å². The van der Waals surface area contributed by atoms with Gasteiger partial charge in [0.15, 0.2) is 10.9 Å². The second kappa shape index (κ2) is 9.39. The van der Waals surface area contributed by atoms with Crippen molar-refractivity contribution in [2.24, 2.45) is 5.92 Å². The van der Waals surface area contributed by atoms with Gasteiger partial charge in [-0.3, -0.25) is 4.79 Å². The summed E-state index contributed by atoms with van der Waals surface area (Å²) in [7, 11) is -3.79. The topological polar surface area (TPSA) is 115 Å². The van der Waals surface area contributed by atoms with Crippen molar-refractivity contribution in [2.45, 2.75) is 38.2 Å². The number of carbonyl (C=O) groups excluding carboxylic acids is 1. The van der Waals surface area contributed by atoms with Gasteiger partial charge in [-0.2, -0.15) is 4.31 Å². The molecule has 1 fully saturated rings. The molecular formula is C21H24N4O5S2. The molecule has 3 aromatic rings. The zero-order valence-electron chi connectivity index (χ0n) is 17.8. The van der Waals surface area contributed by atoms with Gasteiger partial charge in [-0.05, 0) is 38.8 Å². The van der Waals surface area contributed by atoms with Gasteiger partial charge in [0.25, 0.3) is 0 Å². The lowest BCUT2D eigenvalue weighted by Crippen LogP contribution is -2.43. The van der Waals surface area contributed by atoms with Crippen LogP contribution in [-0.2, 0) is 26.2 Å². The Labute approximate surface area is 190 Å². The van der Waals surface area contributed by atoms with Crippen LogP contribution in [0, 0.1) is 19.8 Å². The highest BCUT2D eigenvalue weighted by molar-refractivity contribution is 7.89. The molecule has 1 saturated heterocycles. The second-order valence-corrected chi connectivity index (χ2v) is 10.3. The van der Waals surface area contributed by atoms with Crippen LogP contribution >= 0.6 is 11.3 Å². The van der Waals surface area contributed by atoms with E-state index in [1.54, 1.807) is 13.8 Å². The molecule has 0 amide bonds. The fourth-order valence-corrected chi connectivity index (χ4v) is 6.19. The molecule has 0 spiro atoms. The van der Waals surface area contributed by atoms with Gasteiger partial charge in [0, 0.05) is 24.2 Å². The maximum atomic E-state index is 13.0. The number of anilines is 2. The van der Waals surface area contributed by atoms with Crippen LogP contribution in [0.4, 0.5) is 10.8 Å². The molecule has 0 bridgehead atoms. The predicted molar refractivity (Wildman–Crippen MR) is 119 cm³/mol. The van der Waals surface area contributed by atoms with E-state index in [4.69, 9.17) is 9.26 Å². The molecule has 1 atom stereocenters.